The smallest absolute Gasteiger partial charge is 0.414 e. The van der Waals surface area contributed by atoms with Crippen molar-refractivity contribution in [2.24, 2.45) is 0 Å². The van der Waals surface area contributed by atoms with E-state index in [0.29, 0.717) is 10.6 Å². The number of hydrogen-bond acceptors (Lipinski definition) is 6. The molecule has 0 saturated heterocycles. The summed E-state index contributed by atoms with van der Waals surface area (Å²) in [6.45, 7) is 3.35. The first-order chi connectivity index (χ1) is 12.4. The van der Waals surface area contributed by atoms with Gasteiger partial charge in [-0.3, -0.25) is 19.9 Å². The summed E-state index contributed by atoms with van der Waals surface area (Å²) in [4.78, 5) is 43.4. The number of thiophene rings is 1. The van der Waals surface area contributed by atoms with E-state index in [2.05, 4.69) is 20.6 Å². The van der Waals surface area contributed by atoms with Crippen LogP contribution in [-0.2, 0) is 4.74 Å². The molecule has 26 heavy (non-hydrogen) atoms. The van der Waals surface area contributed by atoms with Crippen molar-refractivity contribution in [1.29, 1.82) is 0 Å². The monoisotopic (exact) mass is 372 g/mol. The molecule has 0 aromatic carbocycles. The van der Waals surface area contributed by atoms with Gasteiger partial charge in [0, 0.05) is 12.4 Å². The standard InChI is InChI=1S/C17H16N4O4S/c1-9(2)25-17(24)21-15(23)11-4-6-26-16(11)20-14(22)10-7-13-12(19-8-10)3-5-18-13/h3-9,18H,1-2H3,(H,20,22)(H,21,23,24). The number of aromatic amines is 1. The molecule has 8 nitrogen and oxygen atoms in total. The van der Waals surface area contributed by atoms with Crippen molar-refractivity contribution < 1.29 is 19.1 Å². The molecule has 0 spiro atoms. The largest absolute Gasteiger partial charge is 0.447 e. The normalized spacial score (nSPS) is 10.7. The molecule has 9 heteroatoms. The van der Waals surface area contributed by atoms with E-state index in [1.54, 1.807) is 37.6 Å². The lowest BCUT2D eigenvalue weighted by molar-refractivity contribution is 0.0877. The Morgan fingerprint density at radius 1 is 1.23 bits per heavy atom. The molecule has 0 unspecified atom stereocenters. The van der Waals surface area contributed by atoms with Gasteiger partial charge in [-0.1, -0.05) is 0 Å². The molecule has 0 radical (unpaired) electrons. The Kier molecular flexibility index (Phi) is 4.99. The summed E-state index contributed by atoms with van der Waals surface area (Å²) in [6, 6.07) is 4.99. The molecule has 0 aliphatic rings. The van der Waals surface area contributed by atoms with Crippen LogP contribution in [0.5, 0.6) is 0 Å². The maximum Gasteiger partial charge on any atom is 0.414 e. The Balaban J connectivity index is 1.72. The molecule has 3 rings (SSSR count). The summed E-state index contributed by atoms with van der Waals surface area (Å²) < 4.78 is 4.88. The summed E-state index contributed by atoms with van der Waals surface area (Å²) in [5, 5.41) is 6.77. The van der Waals surface area contributed by atoms with Crippen LogP contribution in [0, 0.1) is 0 Å². The second-order valence-electron chi connectivity index (χ2n) is 5.66. The van der Waals surface area contributed by atoms with Crippen LogP contribution >= 0.6 is 11.3 Å². The van der Waals surface area contributed by atoms with Crippen molar-refractivity contribution >= 4 is 45.3 Å². The van der Waals surface area contributed by atoms with Gasteiger partial charge in [-0.2, -0.15) is 0 Å². The van der Waals surface area contributed by atoms with Crippen molar-refractivity contribution in [3.05, 3.63) is 47.1 Å². The van der Waals surface area contributed by atoms with Gasteiger partial charge in [0.2, 0.25) is 0 Å². The van der Waals surface area contributed by atoms with Gasteiger partial charge in [0.15, 0.2) is 0 Å². The number of nitrogens with one attached hydrogen (secondary N) is 3. The average Bonchev–Trinajstić information content (AvgIpc) is 3.21. The number of hydrogen-bond donors (Lipinski definition) is 3. The number of nitrogens with zero attached hydrogens (tertiary/aromatic N) is 1. The van der Waals surface area contributed by atoms with E-state index in [-0.39, 0.29) is 11.7 Å². The number of aromatic nitrogens is 2. The van der Waals surface area contributed by atoms with Crippen LogP contribution in [0.3, 0.4) is 0 Å². The van der Waals surface area contributed by atoms with Gasteiger partial charge in [-0.15, -0.1) is 11.3 Å². The minimum absolute atomic E-state index is 0.179. The molecule has 134 valence electrons. The lowest BCUT2D eigenvalue weighted by atomic mass is 10.2. The molecule has 0 aliphatic carbocycles. The van der Waals surface area contributed by atoms with Crippen molar-refractivity contribution in [1.82, 2.24) is 15.3 Å². The van der Waals surface area contributed by atoms with Crippen LogP contribution in [-0.4, -0.2) is 34.0 Å². The first kappa shape index (κ1) is 17.6. The molecule has 3 amide bonds. The highest BCUT2D eigenvalue weighted by Crippen LogP contribution is 2.24. The van der Waals surface area contributed by atoms with Gasteiger partial charge in [0.05, 0.1) is 28.3 Å². The zero-order valence-electron chi connectivity index (χ0n) is 14.0. The van der Waals surface area contributed by atoms with E-state index in [1.807, 2.05) is 0 Å². The van der Waals surface area contributed by atoms with Crippen LogP contribution in [0.1, 0.15) is 34.6 Å². The lowest BCUT2D eigenvalue weighted by Crippen LogP contribution is -2.32. The number of rotatable bonds is 4. The van der Waals surface area contributed by atoms with E-state index in [4.69, 9.17) is 4.74 Å². The molecule has 0 saturated carbocycles. The van der Waals surface area contributed by atoms with Crippen LogP contribution in [0.4, 0.5) is 9.80 Å². The molecule has 3 heterocycles. The maximum absolute atomic E-state index is 12.4. The van der Waals surface area contributed by atoms with Gasteiger partial charge >= 0.3 is 6.09 Å². The molecule has 0 bridgehead atoms. The third-order valence-electron chi connectivity index (χ3n) is 3.36. The van der Waals surface area contributed by atoms with E-state index in [1.165, 1.54) is 23.6 Å². The Bertz CT molecular complexity index is 976. The Morgan fingerprint density at radius 2 is 2.04 bits per heavy atom. The predicted octanol–water partition coefficient (Wildman–Crippen LogP) is 3.15. The van der Waals surface area contributed by atoms with Crippen molar-refractivity contribution in [2.75, 3.05) is 5.32 Å². The summed E-state index contributed by atoms with van der Waals surface area (Å²) in [5.74, 6) is -1.06. The second-order valence-corrected chi connectivity index (χ2v) is 6.58. The van der Waals surface area contributed by atoms with Gasteiger partial charge in [0.1, 0.15) is 5.00 Å². The van der Waals surface area contributed by atoms with Gasteiger partial charge < -0.3 is 15.0 Å². The zero-order chi connectivity index (χ0) is 18.7. The fourth-order valence-electron chi connectivity index (χ4n) is 2.22. The van der Waals surface area contributed by atoms with Crippen LogP contribution < -0.4 is 10.6 Å². The van der Waals surface area contributed by atoms with Crippen molar-refractivity contribution in [2.45, 2.75) is 20.0 Å². The third-order valence-corrected chi connectivity index (χ3v) is 4.19. The minimum atomic E-state index is -0.838. The van der Waals surface area contributed by atoms with E-state index in [0.717, 1.165) is 11.0 Å². The number of anilines is 1. The highest BCUT2D eigenvalue weighted by molar-refractivity contribution is 7.14. The zero-order valence-corrected chi connectivity index (χ0v) is 14.8. The number of H-pyrrole nitrogens is 1. The number of ether oxygens (including phenoxy) is 1. The highest BCUT2D eigenvalue weighted by Gasteiger charge is 2.19. The summed E-state index contributed by atoms with van der Waals surface area (Å²) in [6.07, 6.45) is 2.01. The Hall–Kier alpha value is -3.20. The summed E-state index contributed by atoms with van der Waals surface area (Å²) in [5.41, 5.74) is 2.01. The molecule has 0 atom stereocenters. The van der Waals surface area contributed by atoms with Crippen LogP contribution in [0.25, 0.3) is 11.0 Å². The first-order valence-electron chi connectivity index (χ1n) is 7.78. The number of alkyl carbamates (subject to hydrolysis) is 1. The second kappa shape index (κ2) is 7.36. The number of carbonyl (C=O) groups is 3. The molecule has 3 N–H and O–H groups in total. The van der Waals surface area contributed by atoms with E-state index < -0.39 is 17.9 Å². The number of carbonyl (C=O) groups excluding carboxylic acids is 3. The van der Waals surface area contributed by atoms with Crippen LogP contribution in [0.15, 0.2) is 36.0 Å². The average molecular weight is 372 g/mol. The maximum atomic E-state index is 12.4. The SMILES string of the molecule is CC(C)OC(=O)NC(=O)c1ccsc1NC(=O)c1cnc2cc[nH]c2c1. The fourth-order valence-corrected chi connectivity index (χ4v) is 3.00. The predicted molar refractivity (Wildman–Crippen MR) is 97.4 cm³/mol. The number of amides is 3. The quantitative estimate of drug-likeness (QED) is 0.651. The number of imide groups is 1. The lowest BCUT2D eigenvalue weighted by Gasteiger charge is -2.09. The molecular formula is C17H16N4O4S. The van der Waals surface area contributed by atoms with E-state index >= 15 is 0 Å². The topological polar surface area (TPSA) is 113 Å². The molecule has 3 aromatic rings. The molecular weight excluding hydrogens is 356 g/mol. The van der Waals surface area contributed by atoms with Crippen LogP contribution in [0.2, 0.25) is 0 Å². The van der Waals surface area contributed by atoms with Gasteiger partial charge in [-0.25, -0.2) is 4.79 Å². The van der Waals surface area contributed by atoms with Gasteiger partial charge in [-0.05, 0) is 37.4 Å². The minimum Gasteiger partial charge on any atom is -0.447 e. The molecule has 3 aromatic heterocycles. The summed E-state index contributed by atoms with van der Waals surface area (Å²) >= 11 is 1.17. The Morgan fingerprint density at radius 3 is 2.81 bits per heavy atom. The molecule has 0 fully saturated rings. The highest BCUT2D eigenvalue weighted by atomic mass is 32.1. The summed E-state index contributed by atoms with van der Waals surface area (Å²) in [7, 11) is 0. The Labute approximate surface area is 152 Å². The third kappa shape index (κ3) is 3.89. The fraction of sp³-hybridized carbons (Fsp3) is 0.176. The van der Waals surface area contributed by atoms with E-state index in [9.17, 15) is 14.4 Å². The molecule has 0 aliphatic heterocycles. The van der Waals surface area contributed by atoms with Gasteiger partial charge in [0.25, 0.3) is 11.8 Å². The first-order valence-corrected chi connectivity index (χ1v) is 8.66. The number of pyridine rings is 1. The van der Waals surface area contributed by atoms with Crippen molar-refractivity contribution in [3.63, 3.8) is 0 Å². The number of fused-ring (bicyclic) bond motifs is 1. The van der Waals surface area contributed by atoms with Crippen molar-refractivity contribution in [3.8, 4) is 0 Å².